The molecule has 3 heterocycles. The maximum atomic E-state index is 12.7. The van der Waals surface area contributed by atoms with Gasteiger partial charge in [0.2, 0.25) is 0 Å². The predicted octanol–water partition coefficient (Wildman–Crippen LogP) is 2.53. The predicted molar refractivity (Wildman–Crippen MR) is 90.1 cm³/mol. The third kappa shape index (κ3) is 3.64. The van der Waals surface area contributed by atoms with Gasteiger partial charge in [-0.15, -0.1) is 0 Å². The number of nitrogens with zero attached hydrogens (tertiary/aromatic N) is 2. The molecule has 1 aliphatic heterocycles. The van der Waals surface area contributed by atoms with Crippen LogP contribution in [0.25, 0.3) is 10.9 Å². The van der Waals surface area contributed by atoms with Gasteiger partial charge in [0.25, 0.3) is 5.56 Å². The van der Waals surface area contributed by atoms with E-state index in [0.717, 1.165) is 25.9 Å². The molecule has 0 N–H and O–H groups in total. The molecule has 0 radical (unpaired) electrons. The maximum absolute atomic E-state index is 12.7. The fourth-order valence-electron chi connectivity index (χ4n) is 2.87. The highest BCUT2D eigenvalue weighted by Gasteiger charge is 2.17. The largest absolute Gasteiger partial charge is 0.459 e. The summed E-state index contributed by atoms with van der Waals surface area (Å²) in [6.45, 7) is 4.84. The van der Waals surface area contributed by atoms with Gasteiger partial charge in [-0.05, 0) is 45.2 Å². The first-order valence-corrected chi connectivity index (χ1v) is 8.36. The van der Waals surface area contributed by atoms with Crippen LogP contribution in [0, 0.1) is 0 Å². The highest BCUT2D eigenvalue weighted by molar-refractivity contribution is 5.93. The van der Waals surface area contributed by atoms with Crippen LogP contribution in [-0.4, -0.2) is 34.3 Å². The summed E-state index contributed by atoms with van der Waals surface area (Å²) in [5.41, 5.74) is 0.704. The Morgan fingerprint density at radius 1 is 1.46 bits per heavy atom. The van der Waals surface area contributed by atoms with Crippen molar-refractivity contribution in [2.45, 2.75) is 51.9 Å². The molecule has 3 rings (SSSR count). The molecule has 0 bridgehead atoms. The Morgan fingerprint density at radius 3 is 3.00 bits per heavy atom. The molecule has 24 heavy (non-hydrogen) atoms. The highest BCUT2D eigenvalue weighted by atomic mass is 16.5. The zero-order valence-corrected chi connectivity index (χ0v) is 14.0. The molecular formula is C18H22N2O4. The van der Waals surface area contributed by atoms with E-state index in [2.05, 4.69) is 4.98 Å². The maximum Gasteiger partial charge on any atom is 0.339 e. The number of hydrogen-bond donors (Lipinski definition) is 0. The van der Waals surface area contributed by atoms with Crippen molar-refractivity contribution in [1.29, 1.82) is 0 Å². The topological polar surface area (TPSA) is 70.4 Å². The van der Waals surface area contributed by atoms with Gasteiger partial charge in [0.15, 0.2) is 0 Å². The molecule has 0 aromatic carbocycles. The Morgan fingerprint density at radius 2 is 2.29 bits per heavy atom. The smallest absolute Gasteiger partial charge is 0.339 e. The van der Waals surface area contributed by atoms with Gasteiger partial charge in [-0.1, -0.05) is 0 Å². The first-order valence-electron chi connectivity index (χ1n) is 8.36. The number of hydrogen-bond acceptors (Lipinski definition) is 5. The lowest BCUT2D eigenvalue weighted by molar-refractivity contribution is 0.00550. The van der Waals surface area contributed by atoms with Crippen LogP contribution in [0.1, 0.15) is 43.5 Å². The number of rotatable bonds is 4. The van der Waals surface area contributed by atoms with Crippen molar-refractivity contribution in [2.75, 3.05) is 6.61 Å². The fraction of sp³-hybridized carbons (Fsp3) is 0.500. The number of fused-ring (bicyclic) bond motifs is 1. The summed E-state index contributed by atoms with van der Waals surface area (Å²) < 4.78 is 12.5. The van der Waals surface area contributed by atoms with Crippen LogP contribution in [0.3, 0.4) is 0 Å². The van der Waals surface area contributed by atoms with Crippen molar-refractivity contribution < 1.29 is 14.3 Å². The summed E-state index contributed by atoms with van der Waals surface area (Å²) in [7, 11) is 0. The molecular weight excluding hydrogens is 308 g/mol. The van der Waals surface area contributed by atoms with Crippen molar-refractivity contribution in [3.63, 3.8) is 0 Å². The Hall–Kier alpha value is -2.21. The molecule has 1 unspecified atom stereocenters. The lowest BCUT2D eigenvalue weighted by Crippen LogP contribution is -2.30. The second-order valence-electron chi connectivity index (χ2n) is 6.37. The first-order chi connectivity index (χ1) is 11.5. The summed E-state index contributed by atoms with van der Waals surface area (Å²) in [6.07, 6.45) is 6.19. The molecule has 128 valence electrons. The monoisotopic (exact) mass is 330 g/mol. The van der Waals surface area contributed by atoms with Gasteiger partial charge in [-0.25, -0.2) is 4.79 Å². The van der Waals surface area contributed by atoms with E-state index in [0.29, 0.717) is 23.0 Å². The van der Waals surface area contributed by atoms with Crippen LogP contribution in [-0.2, 0) is 16.0 Å². The third-order valence-electron chi connectivity index (χ3n) is 4.07. The number of aromatic nitrogens is 2. The second kappa shape index (κ2) is 7.13. The number of esters is 1. The molecule has 1 atom stereocenters. The van der Waals surface area contributed by atoms with E-state index < -0.39 is 5.97 Å². The van der Waals surface area contributed by atoms with Gasteiger partial charge in [0, 0.05) is 19.0 Å². The van der Waals surface area contributed by atoms with Gasteiger partial charge in [0.05, 0.1) is 35.2 Å². The van der Waals surface area contributed by atoms with E-state index in [1.54, 1.807) is 36.7 Å². The van der Waals surface area contributed by atoms with Crippen LogP contribution in [0.4, 0.5) is 0 Å². The quantitative estimate of drug-likeness (QED) is 0.806. The van der Waals surface area contributed by atoms with Gasteiger partial charge in [-0.3, -0.25) is 9.78 Å². The Labute approximate surface area is 140 Å². The molecule has 6 nitrogen and oxygen atoms in total. The van der Waals surface area contributed by atoms with E-state index in [1.165, 1.54) is 6.20 Å². The molecule has 0 spiro atoms. The van der Waals surface area contributed by atoms with E-state index in [-0.39, 0.29) is 17.8 Å². The summed E-state index contributed by atoms with van der Waals surface area (Å²) in [5.74, 6) is -0.468. The minimum atomic E-state index is -0.468. The lowest BCUT2D eigenvalue weighted by Gasteiger charge is -2.23. The Kier molecular flexibility index (Phi) is 4.94. The Bertz CT molecular complexity index is 791. The SMILES string of the molecule is CC(C)OC(=O)c1cnc2ccn(CC3CCCCO3)c(=O)c2c1. The summed E-state index contributed by atoms with van der Waals surface area (Å²) in [5, 5.41) is 0.423. The minimum Gasteiger partial charge on any atom is -0.459 e. The molecule has 0 amide bonds. The van der Waals surface area contributed by atoms with Gasteiger partial charge < -0.3 is 14.0 Å². The second-order valence-corrected chi connectivity index (χ2v) is 6.37. The van der Waals surface area contributed by atoms with Gasteiger partial charge in [-0.2, -0.15) is 0 Å². The summed E-state index contributed by atoms with van der Waals surface area (Å²) in [6, 6.07) is 3.35. The van der Waals surface area contributed by atoms with Gasteiger partial charge in [0.1, 0.15) is 0 Å². The average Bonchev–Trinajstić information content (AvgIpc) is 2.57. The third-order valence-corrected chi connectivity index (χ3v) is 4.07. The molecule has 0 aliphatic carbocycles. The lowest BCUT2D eigenvalue weighted by atomic mass is 10.1. The summed E-state index contributed by atoms with van der Waals surface area (Å²) in [4.78, 5) is 28.9. The molecule has 1 aliphatic rings. The average molecular weight is 330 g/mol. The normalized spacial score (nSPS) is 18.0. The van der Waals surface area contributed by atoms with E-state index in [9.17, 15) is 9.59 Å². The van der Waals surface area contributed by atoms with E-state index in [4.69, 9.17) is 9.47 Å². The van der Waals surface area contributed by atoms with Crippen LogP contribution in [0.5, 0.6) is 0 Å². The molecule has 6 heteroatoms. The molecule has 2 aromatic rings. The standard InChI is InChI=1S/C18H22N2O4/c1-12(2)24-18(22)13-9-15-16(19-10-13)6-7-20(17(15)21)11-14-5-3-4-8-23-14/h6-7,9-10,12,14H,3-5,8,11H2,1-2H3. The summed E-state index contributed by atoms with van der Waals surface area (Å²) >= 11 is 0. The van der Waals surface area contributed by atoms with Crippen LogP contribution in [0.15, 0.2) is 29.3 Å². The Balaban J connectivity index is 1.91. The van der Waals surface area contributed by atoms with Crippen molar-refractivity contribution in [2.24, 2.45) is 0 Å². The molecule has 1 fully saturated rings. The van der Waals surface area contributed by atoms with Crippen LogP contribution < -0.4 is 5.56 Å². The molecule has 1 saturated heterocycles. The molecule has 0 saturated carbocycles. The van der Waals surface area contributed by atoms with Crippen LogP contribution >= 0.6 is 0 Å². The van der Waals surface area contributed by atoms with E-state index in [1.807, 2.05) is 0 Å². The number of ether oxygens (including phenoxy) is 2. The molecule has 2 aromatic heterocycles. The van der Waals surface area contributed by atoms with Crippen molar-refractivity contribution in [3.05, 3.63) is 40.4 Å². The van der Waals surface area contributed by atoms with Gasteiger partial charge >= 0.3 is 5.97 Å². The zero-order chi connectivity index (χ0) is 17.1. The highest BCUT2D eigenvalue weighted by Crippen LogP contribution is 2.15. The first kappa shape index (κ1) is 16.6. The van der Waals surface area contributed by atoms with Crippen molar-refractivity contribution in [3.8, 4) is 0 Å². The number of carbonyl (C=O) groups is 1. The minimum absolute atomic E-state index is 0.0657. The van der Waals surface area contributed by atoms with Crippen LogP contribution in [0.2, 0.25) is 0 Å². The van der Waals surface area contributed by atoms with Crippen molar-refractivity contribution >= 4 is 16.9 Å². The fourth-order valence-corrected chi connectivity index (χ4v) is 2.87. The zero-order valence-electron chi connectivity index (χ0n) is 14.0. The number of carbonyl (C=O) groups excluding carboxylic acids is 1. The number of pyridine rings is 2. The van der Waals surface area contributed by atoms with Crippen molar-refractivity contribution in [1.82, 2.24) is 9.55 Å². The van der Waals surface area contributed by atoms with E-state index >= 15 is 0 Å².